The smallest absolute Gasteiger partial charge is 0.339 e. The number of quaternary nitrogens is 1. The molecular formula is C20H24FN2O3+. The maximum Gasteiger partial charge on any atom is 0.339 e. The van der Waals surface area contributed by atoms with E-state index in [0.29, 0.717) is 11.3 Å². The summed E-state index contributed by atoms with van der Waals surface area (Å²) in [5.74, 6) is -0.755. The molecule has 5 nitrogen and oxygen atoms in total. The van der Waals surface area contributed by atoms with Crippen molar-refractivity contribution < 1.29 is 24.0 Å². The molecule has 0 unspecified atom stereocenters. The van der Waals surface area contributed by atoms with E-state index in [2.05, 4.69) is 19.2 Å². The summed E-state index contributed by atoms with van der Waals surface area (Å²) < 4.78 is 17.9. The summed E-state index contributed by atoms with van der Waals surface area (Å²) in [6.07, 6.45) is 0. The Balaban J connectivity index is 2.03. The number of hydrogen-bond donors (Lipinski definition) is 2. The number of methoxy groups -OCH3 is 1. The lowest BCUT2D eigenvalue weighted by atomic mass is 9.96. The summed E-state index contributed by atoms with van der Waals surface area (Å²) in [6, 6.07) is 13.0. The lowest BCUT2D eigenvalue weighted by molar-refractivity contribution is -0.692. The van der Waals surface area contributed by atoms with Crippen LogP contribution in [0.25, 0.3) is 0 Å². The van der Waals surface area contributed by atoms with E-state index >= 15 is 0 Å². The van der Waals surface area contributed by atoms with E-state index in [1.807, 2.05) is 5.32 Å². The van der Waals surface area contributed by atoms with Gasteiger partial charge in [0, 0.05) is 11.5 Å². The van der Waals surface area contributed by atoms with Gasteiger partial charge in [0.1, 0.15) is 11.9 Å². The van der Waals surface area contributed by atoms with Gasteiger partial charge in [0.2, 0.25) is 0 Å². The molecule has 0 radical (unpaired) electrons. The van der Waals surface area contributed by atoms with Gasteiger partial charge >= 0.3 is 5.97 Å². The Bertz CT molecular complexity index is 760. The number of para-hydroxylation sites is 1. The Labute approximate surface area is 152 Å². The topological polar surface area (TPSA) is 72.0 Å². The zero-order valence-corrected chi connectivity index (χ0v) is 15.2. The Kier molecular flexibility index (Phi) is 6.86. The van der Waals surface area contributed by atoms with E-state index in [-0.39, 0.29) is 30.2 Å². The Morgan fingerprint density at radius 1 is 1.12 bits per heavy atom. The van der Waals surface area contributed by atoms with E-state index < -0.39 is 5.97 Å². The van der Waals surface area contributed by atoms with Gasteiger partial charge in [0.25, 0.3) is 5.91 Å². The van der Waals surface area contributed by atoms with Crippen LogP contribution in [0.1, 0.15) is 35.8 Å². The van der Waals surface area contributed by atoms with Gasteiger partial charge in [0.15, 0.2) is 6.54 Å². The van der Waals surface area contributed by atoms with Crippen molar-refractivity contribution in [3.8, 4) is 0 Å². The molecule has 1 amide bonds. The van der Waals surface area contributed by atoms with Gasteiger partial charge in [-0.1, -0.05) is 38.1 Å². The predicted molar refractivity (Wildman–Crippen MR) is 97.2 cm³/mol. The van der Waals surface area contributed by atoms with Gasteiger partial charge in [0.05, 0.1) is 18.4 Å². The SMILES string of the molecule is COC(=O)c1ccccc1NC(=O)C[NH2+][C@@H](c1ccc(F)cc1)C(C)C. The van der Waals surface area contributed by atoms with Crippen LogP contribution in [0, 0.1) is 11.7 Å². The molecule has 2 aromatic rings. The van der Waals surface area contributed by atoms with Gasteiger partial charge in [-0.05, 0) is 24.3 Å². The molecule has 6 heteroatoms. The lowest BCUT2D eigenvalue weighted by Crippen LogP contribution is -2.88. The highest BCUT2D eigenvalue weighted by Gasteiger charge is 2.21. The van der Waals surface area contributed by atoms with Crippen molar-refractivity contribution in [3.63, 3.8) is 0 Å². The molecule has 0 spiro atoms. The number of amides is 1. The lowest BCUT2D eigenvalue weighted by Gasteiger charge is -2.19. The molecule has 0 saturated heterocycles. The second kappa shape index (κ2) is 9.10. The van der Waals surface area contributed by atoms with Gasteiger partial charge in [-0.3, -0.25) is 4.79 Å². The van der Waals surface area contributed by atoms with Crippen LogP contribution in [0.2, 0.25) is 0 Å². The zero-order valence-electron chi connectivity index (χ0n) is 15.2. The Morgan fingerprint density at radius 2 is 1.77 bits per heavy atom. The molecule has 0 saturated carbocycles. The first-order chi connectivity index (χ1) is 12.4. The minimum absolute atomic E-state index is 0.0252. The highest BCUT2D eigenvalue weighted by molar-refractivity contribution is 6.01. The first-order valence-corrected chi connectivity index (χ1v) is 8.48. The number of carbonyl (C=O) groups is 2. The van der Waals surface area contributed by atoms with E-state index in [1.54, 1.807) is 36.4 Å². The number of ether oxygens (including phenoxy) is 1. The Hall–Kier alpha value is -2.73. The molecule has 0 heterocycles. The quantitative estimate of drug-likeness (QED) is 0.746. The summed E-state index contributed by atoms with van der Waals surface area (Å²) in [5, 5.41) is 4.66. The van der Waals surface area contributed by atoms with Crippen molar-refractivity contribution in [2.45, 2.75) is 19.9 Å². The van der Waals surface area contributed by atoms with E-state index in [9.17, 15) is 14.0 Å². The maximum atomic E-state index is 13.1. The number of esters is 1. The first kappa shape index (κ1) is 19.6. The molecule has 0 aliphatic carbocycles. The normalized spacial score (nSPS) is 11.9. The minimum atomic E-state index is -0.503. The molecule has 2 aromatic carbocycles. The summed E-state index contributed by atoms with van der Waals surface area (Å²) in [7, 11) is 1.30. The third-order valence-corrected chi connectivity index (χ3v) is 4.14. The summed E-state index contributed by atoms with van der Waals surface area (Å²) in [6.45, 7) is 4.28. The predicted octanol–water partition coefficient (Wildman–Crippen LogP) is 2.51. The number of carbonyl (C=O) groups excluding carboxylic acids is 2. The standard InChI is InChI=1S/C20H23FN2O3/c1-13(2)19(14-8-10-15(21)11-9-14)22-12-18(24)23-17-7-5-4-6-16(17)20(25)26-3/h4-11,13,19,22H,12H2,1-3H3,(H,23,24)/p+1/t19-/m1/s1. The van der Waals surface area contributed by atoms with Crippen LogP contribution in [0.15, 0.2) is 48.5 Å². The fourth-order valence-corrected chi connectivity index (χ4v) is 2.79. The molecule has 0 aliphatic heterocycles. The monoisotopic (exact) mass is 359 g/mol. The van der Waals surface area contributed by atoms with Crippen molar-refractivity contribution in [2.75, 3.05) is 19.0 Å². The van der Waals surface area contributed by atoms with Crippen molar-refractivity contribution in [3.05, 3.63) is 65.5 Å². The molecule has 3 N–H and O–H groups in total. The molecular weight excluding hydrogens is 335 g/mol. The molecule has 1 atom stereocenters. The zero-order chi connectivity index (χ0) is 19.1. The van der Waals surface area contributed by atoms with Crippen molar-refractivity contribution in [1.29, 1.82) is 0 Å². The summed E-state index contributed by atoms with van der Waals surface area (Å²) in [5.41, 5.74) is 1.69. The van der Waals surface area contributed by atoms with Crippen LogP contribution >= 0.6 is 0 Å². The molecule has 138 valence electrons. The largest absolute Gasteiger partial charge is 0.465 e. The van der Waals surface area contributed by atoms with Crippen LogP contribution < -0.4 is 10.6 Å². The highest BCUT2D eigenvalue weighted by Crippen LogP contribution is 2.18. The third kappa shape index (κ3) is 5.13. The number of benzene rings is 2. The fraction of sp³-hybridized carbons (Fsp3) is 0.300. The molecule has 0 fully saturated rings. The van der Waals surface area contributed by atoms with E-state index in [0.717, 1.165) is 5.56 Å². The highest BCUT2D eigenvalue weighted by atomic mass is 19.1. The average molecular weight is 359 g/mol. The molecule has 26 heavy (non-hydrogen) atoms. The number of halogens is 1. The second-order valence-electron chi connectivity index (χ2n) is 6.35. The molecule has 0 bridgehead atoms. The first-order valence-electron chi connectivity index (χ1n) is 8.48. The van der Waals surface area contributed by atoms with Crippen LogP contribution in [-0.2, 0) is 9.53 Å². The van der Waals surface area contributed by atoms with Crippen molar-refractivity contribution in [1.82, 2.24) is 0 Å². The maximum absolute atomic E-state index is 13.1. The fourth-order valence-electron chi connectivity index (χ4n) is 2.79. The van der Waals surface area contributed by atoms with Crippen LogP contribution in [-0.4, -0.2) is 25.5 Å². The third-order valence-electron chi connectivity index (χ3n) is 4.14. The van der Waals surface area contributed by atoms with E-state index in [4.69, 9.17) is 4.74 Å². The number of hydrogen-bond acceptors (Lipinski definition) is 3. The van der Waals surface area contributed by atoms with Gasteiger partial charge in [-0.15, -0.1) is 0 Å². The van der Waals surface area contributed by atoms with Crippen LogP contribution in [0.5, 0.6) is 0 Å². The number of anilines is 1. The van der Waals surface area contributed by atoms with Gasteiger partial charge in [-0.2, -0.15) is 0 Å². The summed E-state index contributed by atoms with van der Waals surface area (Å²) in [4.78, 5) is 24.1. The number of nitrogens with one attached hydrogen (secondary N) is 1. The van der Waals surface area contributed by atoms with E-state index in [1.165, 1.54) is 19.2 Å². The number of nitrogens with two attached hydrogens (primary N) is 1. The van der Waals surface area contributed by atoms with Crippen LogP contribution in [0.4, 0.5) is 10.1 Å². The number of rotatable bonds is 7. The Morgan fingerprint density at radius 3 is 2.38 bits per heavy atom. The molecule has 0 aliphatic rings. The molecule has 2 rings (SSSR count). The summed E-state index contributed by atoms with van der Waals surface area (Å²) >= 11 is 0. The van der Waals surface area contributed by atoms with Crippen molar-refractivity contribution in [2.24, 2.45) is 5.92 Å². The minimum Gasteiger partial charge on any atom is -0.465 e. The average Bonchev–Trinajstić information content (AvgIpc) is 2.63. The van der Waals surface area contributed by atoms with Gasteiger partial charge in [-0.25, -0.2) is 9.18 Å². The molecule has 0 aromatic heterocycles. The second-order valence-corrected chi connectivity index (χ2v) is 6.35. The van der Waals surface area contributed by atoms with Gasteiger partial charge < -0.3 is 15.4 Å². The van der Waals surface area contributed by atoms with Crippen molar-refractivity contribution >= 4 is 17.6 Å². The van der Waals surface area contributed by atoms with Crippen LogP contribution in [0.3, 0.4) is 0 Å².